The van der Waals surface area contributed by atoms with Crippen LogP contribution in [0, 0.1) is 0 Å². The Hall–Kier alpha value is -3.52. The largest absolute Gasteiger partial charge is 0.465 e. The number of ether oxygens (including phenoxy) is 1. The predicted octanol–water partition coefficient (Wildman–Crippen LogP) is 3.48. The van der Waals surface area contributed by atoms with Crippen LogP contribution in [0.1, 0.15) is 16.1 Å². The molecule has 0 spiro atoms. The summed E-state index contributed by atoms with van der Waals surface area (Å²) in [4.78, 5) is 17.4. The van der Waals surface area contributed by atoms with Crippen LogP contribution in [-0.2, 0) is 11.3 Å². The summed E-state index contributed by atoms with van der Waals surface area (Å²) in [6.07, 6.45) is 1.55. The van der Waals surface area contributed by atoms with Crippen molar-refractivity contribution < 1.29 is 13.9 Å². The Labute approximate surface area is 164 Å². The first-order valence-electron chi connectivity index (χ1n) is 8.29. The fourth-order valence-electron chi connectivity index (χ4n) is 2.58. The van der Waals surface area contributed by atoms with E-state index < -0.39 is 5.97 Å². The number of carbonyl (C=O) groups is 1. The minimum absolute atomic E-state index is 0.303. The molecule has 0 fully saturated rings. The van der Waals surface area contributed by atoms with Gasteiger partial charge < -0.3 is 9.15 Å². The summed E-state index contributed by atoms with van der Waals surface area (Å²) in [5.41, 5.74) is 2.63. The van der Waals surface area contributed by atoms with Crippen molar-refractivity contribution in [2.24, 2.45) is 0 Å². The average molecular weight is 396 g/mol. The summed E-state index contributed by atoms with van der Waals surface area (Å²) in [7, 11) is 1.34. The lowest BCUT2D eigenvalue weighted by Crippen LogP contribution is -2.04. The van der Waals surface area contributed by atoms with E-state index in [9.17, 15) is 4.79 Å². The normalized spacial score (nSPS) is 10.8. The molecule has 4 rings (SSSR count). The third kappa shape index (κ3) is 3.77. The Balaban J connectivity index is 1.49. The highest BCUT2D eigenvalue weighted by atomic mass is 35.5. The Kier molecular flexibility index (Phi) is 4.86. The molecule has 0 atom stereocenters. The van der Waals surface area contributed by atoms with E-state index in [0.717, 1.165) is 11.1 Å². The number of benzene rings is 2. The van der Waals surface area contributed by atoms with E-state index in [-0.39, 0.29) is 0 Å². The zero-order chi connectivity index (χ0) is 19.5. The number of halogens is 1. The lowest BCUT2D eigenvalue weighted by molar-refractivity contribution is 0.0601. The molecule has 0 N–H and O–H groups in total. The molecule has 0 bridgehead atoms. The summed E-state index contributed by atoms with van der Waals surface area (Å²) in [5, 5.41) is 13.0. The molecular formula is C19H14ClN5O3. The molecule has 4 aromatic rings. The van der Waals surface area contributed by atoms with Gasteiger partial charge in [0, 0.05) is 16.1 Å². The molecule has 0 aliphatic carbocycles. The van der Waals surface area contributed by atoms with Gasteiger partial charge in [-0.3, -0.25) is 0 Å². The fourth-order valence-corrected chi connectivity index (χ4v) is 2.77. The smallest absolute Gasteiger partial charge is 0.337 e. The summed E-state index contributed by atoms with van der Waals surface area (Å²) in [6, 6.07) is 14.0. The monoisotopic (exact) mass is 395 g/mol. The number of hydrogen-bond donors (Lipinski definition) is 0. The maximum atomic E-state index is 11.5. The molecule has 28 heavy (non-hydrogen) atoms. The van der Waals surface area contributed by atoms with Gasteiger partial charge in [-0.2, -0.15) is 4.80 Å². The Morgan fingerprint density at radius 3 is 2.75 bits per heavy atom. The van der Waals surface area contributed by atoms with Crippen LogP contribution in [0.25, 0.3) is 22.8 Å². The minimum Gasteiger partial charge on any atom is -0.465 e. The number of esters is 1. The van der Waals surface area contributed by atoms with Crippen LogP contribution in [-0.4, -0.2) is 38.3 Å². The van der Waals surface area contributed by atoms with Gasteiger partial charge in [0.1, 0.15) is 18.5 Å². The number of methoxy groups -OCH3 is 1. The van der Waals surface area contributed by atoms with Gasteiger partial charge in [-0.15, -0.1) is 10.2 Å². The standard InChI is InChI=1S/C19H14ClN5O3/c1-27-19(26)13-7-5-12(6-8-13)17-22-24-25(23-17)10-16-11-28-18(21-16)14-3-2-4-15(20)9-14/h2-9,11H,10H2,1H3. The van der Waals surface area contributed by atoms with Crippen LogP contribution in [0.2, 0.25) is 5.02 Å². The average Bonchev–Trinajstić information content (AvgIpc) is 3.38. The van der Waals surface area contributed by atoms with Crippen LogP contribution in [0.5, 0.6) is 0 Å². The molecule has 140 valence electrons. The van der Waals surface area contributed by atoms with Crippen molar-refractivity contribution >= 4 is 17.6 Å². The number of tetrazole rings is 1. The number of rotatable bonds is 5. The molecule has 2 aromatic carbocycles. The topological polar surface area (TPSA) is 95.9 Å². The second-order valence-electron chi connectivity index (χ2n) is 5.87. The second kappa shape index (κ2) is 7.61. The van der Waals surface area contributed by atoms with Crippen molar-refractivity contribution in [3.63, 3.8) is 0 Å². The molecule has 0 aliphatic heterocycles. The van der Waals surface area contributed by atoms with Gasteiger partial charge >= 0.3 is 5.97 Å². The highest BCUT2D eigenvalue weighted by Crippen LogP contribution is 2.22. The van der Waals surface area contributed by atoms with Gasteiger partial charge in [-0.1, -0.05) is 29.8 Å². The van der Waals surface area contributed by atoms with Gasteiger partial charge in [-0.05, 0) is 35.5 Å². The molecule has 0 amide bonds. The maximum absolute atomic E-state index is 11.5. The lowest BCUT2D eigenvalue weighted by Gasteiger charge is -1.99. The van der Waals surface area contributed by atoms with Gasteiger partial charge in [0.15, 0.2) is 0 Å². The van der Waals surface area contributed by atoms with Crippen LogP contribution in [0.3, 0.4) is 0 Å². The van der Waals surface area contributed by atoms with Crippen molar-refractivity contribution in [1.82, 2.24) is 25.2 Å². The van der Waals surface area contributed by atoms with E-state index in [4.69, 9.17) is 16.0 Å². The minimum atomic E-state index is -0.398. The summed E-state index contributed by atoms with van der Waals surface area (Å²) in [6.45, 7) is 0.303. The molecular weight excluding hydrogens is 382 g/mol. The molecule has 9 heteroatoms. The quantitative estimate of drug-likeness (QED) is 0.477. The zero-order valence-electron chi connectivity index (χ0n) is 14.7. The first-order chi connectivity index (χ1) is 13.6. The molecule has 2 aromatic heterocycles. The van der Waals surface area contributed by atoms with E-state index in [2.05, 4.69) is 25.1 Å². The first kappa shape index (κ1) is 17.9. The van der Waals surface area contributed by atoms with Crippen LogP contribution in [0.15, 0.2) is 59.2 Å². The Morgan fingerprint density at radius 1 is 1.18 bits per heavy atom. The molecule has 0 unspecified atom stereocenters. The van der Waals surface area contributed by atoms with E-state index in [1.807, 2.05) is 12.1 Å². The molecule has 0 aliphatic rings. The van der Waals surface area contributed by atoms with Crippen LogP contribution >= 0.6 is 11.6 Å². The van der Waals surface area contributed by atoms with E-state index >= 15 is 0 Å². The first-order valence-corrected chi connectivity index (χ1v) is 8.67. The number of nitrogens with zero attached hydrogens (tertiary/aromatic N) is 5. The molecule has 2 heterocycles. The number of carbonyl (C=O) groups excluding carboxylic acids is 1. The number of hydrogen-bond acceptors (Lipinski definition) is 7. The molecule has 0 saturated heterocycles. The van der Waals surface area contributed by atoms with Gasteiger partial charge in [0.05, 0.1) is 12.7 Å². The zero-order valence-corrected chi connectivity index (χ0v) is 15.5. The molecule has 0 saturated carbocycles. The van der Waals surface area contributed by atoms with Crippen LogP contribution in [0.4, 0.5) is 0 Å². The van der Waals surface area contributed by atoms with Crippen molar-refractivity contribution in [3.05, 3.63) is 71.1 Å². The SMILES string of the molecule is COC(=O)c1ccc(-c2nnn(Cc3coc(-c4cccc(Cl)c4)n3)n2)cc1. The number of aromatic nitrogens is 5. The van der Waals surface area contributed by atoms with E-state index in [1.54, 1.807) is 42.7 Å². The third-order valence-electron chi connectivity index (χ3n) is 3.94. The van der Waals surface area contributed by atoms with Crippen molar-refractivity contribution in [3.8, 4) is 22.8 Å². The van der Waals surface area contributed by atoms with Crippen molar-refractivity contribution in [1.29, 1.82) is 0 Å². The van der Waals surface area contributed by atoms with Gasteiger partial charge in [-0.25, -0.2) is 9.78 Å². The maximum Gasteiger partial charge on any atom is 0.337 e. The Bertz CT molecular complexity index is 1120. The van der Waals surface area contributed by atoms with Crippen LogP contribution < -0.4 is 0 Å². The highest BCUT2D eigenvalue weighted by molar-refractivity contribution is 6.30. The van der Waals surface area contributed by atoms with Gasteiger partial charge in [0.25, 0.3) is 0 Å². The lowest BCUT2D eigenvalue weighted by atomic mass is 10.1. The highest BCUT2D eigenvalue weighted by Gasteiger charge is 2.12. The van der Waals surface area contributed by atoms with Crippen molar-refractivity contribution in [2.45, 2.75) is 6.54 Å². The third-order valence-corrected chi connectivity index (χ3v) is 4.18. The Morgan fingerprint density at radius 2 is 2.00 bits per heavy atom. The second-order valence-corrected chi connectivity index (χ2v) is 6.30. The van der Waals surface area contributed by atoms with E-state index in [1.165, 1.54) is 11.9 Å². The summed E-state index contributed by atoms with van der Waals surface area (Å²) in [5.74, 6) is 0.510. The van der Waals surface area contributed by atoms with Gasteiger partial charge in [0.2, 0.25) is 11.7 Å². The van der Waals surface area contributed by atoms with Crippen molar-refractivity contribution in [2.75, 3.05) is 7.11 Å². The molecule has 0 radical (unpaired) electrons. The predicted molar refractivity (Wildman–Crippen MR) is 101 cm³/mol. The van der Waals surface area contributed by atoms with E-state index in [0.29, 0.717) is 34.5 Å². The molecule has 8 nitrogen and oxygen atoms in total. The summed E-state index contributed by atoms with van der Waals surface area (Å²) < 4.78 is 10.2. The fraction of sp³-hybridized carbons (Fsp3) is 0.105. The number of oxazole rings is 1. The summed E-state index contributed by atoms with van der Waals surface area (Å²) >= 11 is 6.00.